The molecule has 3 nitrogen and oxygen atoms in total. The van der Waals surface area contributed by atoms with E-state index in [4.69, 9.17) is 5.73 Å². The van der Waals surface area contributed by atoms with Gasteiger partial charge in [-0.25, -0.2) is 0 Å². The quantitative estimate of drug-likeness (QED) is 0.750. The fourth-order valence-electron chi connectivity index (χ4n) is 2.69. The van der Waals surface area contributed by atoms with E-state index in [1.165, 1.54) is 45.4 Å². The van der Waals surface area contributed by atoms with Crippen molar-refractivity contribution >= 4 is 0 Å². The van der Waals surface area contributed by atoms with Gasteiger partial charge in [0.1, 0.15) is 0 Å². The summed E-state index contributed by atoms with van der Waals surface area (Å²) in [5.74, 6) is 0. The fourth-order valence-corrected chi connectivity index (χ4v) is 2.69. The molecule has 0 radical (unpaired) electrons. The molecule has 15 heavy (non-hydrogen) atoms. The van der Waals surface area contributed by atoms with Crippen molar-refractivity contribution in [1.82, 2.24) is 9.80 Å². The van der Waals surface area contributed by atoms with Gasteiger partial charge in [-0.15, -0.1) is 0 Å². The summed E-state index contributed by atoms with van der Waals surface area (Å²) in [6, 6.07) is 0.750. The maximum Gasteiger partial charge on any atom is 0.0334 e. The van der Waals surface area contributed by atoms with Gasteiger partial charge in [-0.3, -0.25) is 9.80 Å². The van der Waals surface area contributed by atoms with Crippen LogP contribution in [-0.4, -0.2) is 54.1 Å². The molecule has 3 heteroatoms. The van der Waals surface area contributed by atoms with Crippen molar-refractivity contribution in [3.8, 4) is 0 Å². The topological polar surface area (TPSA) is 32.5 Å². The minimum Gasteiger partial charge on any atom is -0.329 e. The monoisotopic (exact) mass is 211 g/mol. The first-order valence-electron chi connectivity index (χ1n) is 6.41. The maximum atomic E-state index is 5.86. The minimum absolute atomic E-state index is 0.418. The second-order valence-electron chi connectivity index (χ2n) is 5.21. The van der Waals surface area contributed by atoms with Gasteiger partial charge in [0, 0.05) is 44.3 Å². The summed E-state index contributed by atoms with van der Waals surface area (Å²) in [5, 5.41) is 0. The number of hydrogen-bond acceptors (Lipinski definition) is 3. The van der Waals surface area contributed by atoms with Gasteiger partial charge in [0.15, 0.2) is 0 Å². The Kier molecular flexibility index (Phi) is 3.33. The number of hydrogen-bond donors (Lipinski definition) is 1. The largest absolute Gasteiger partial charge is 0.329 e. The van der Waals surface area contributed by atoms with Crippen LogP contribution in [0.2, 0.25) is 0 Å². The molecule has 2 N–H and O–H groups in total. The lowest BCUT2D eigenvalue weighted by Gasteiger charge is -2.41. The van der Waals surface area contributed by atoms with Crippen LogP contribution in [0, 0.1) is 0 Å². The SMILES string of the molecule is CCC(C)N1CCN(C2(CN)CC2)CC1. The first-order chi connectivity index (χ1) is 7.22. The molecule has 1 aliphatic heterocycles. The van der Waals surface area contributed by atoms with Gasteiger partial charge in [0.2, 0.25) is 0 Å². The third-order valence-electron chi connectivity index (χ3n) is 4.41. The maximum absolute atomic E-state index is 5.86. The molecular weight excluding hydrogens is 186 g/mol. The summed E-state index contributed by atoms with van der Waals surface area (Å²) in [6.07, 6.45) is 3.92. The summed E-state index contributed by atoms with van der Waals surface area (Å²) in [7, 11) is 0. The second-order valence-corrected chi connectivity index (χ2v) is 5.21. The van der Waals surface area contributed by atoms with Crippen molar-refractivity contribution in [2.75, 3.05) is 32.7 Å². The average molecular weight is 211 g/mol. The standard InChI is InChI=1S/C12H25N3/c1-3-11(2)14-6-8-15(9-7-14)12(10-13)4-5-12/h11H,3-10,13H2,1-2H3. The van der Waals surface area contributed by atoms with E-state index in [9.17, 15) is 0 Å². The van der Waals surface area contributed by atoms with Gasteiger partial charge in [0.05, 0.1) is 0 Å². The molecule has 0 aromatic heterocycles. The van der Waals surface area contributed by atoms with E-state index in [2.05, 4.69) is 23.6 Å². The molecule has 2 rings (SSSR count). The van der Waals surface area contributed by atoms with E-state index in [0.29, 0.717) is 5.54 Å². The van der Waals surface area contributed by atoms with Gasteiger partial charge >= 0.3 is 0 Å². The van der Waals surface area contributed by atoms with Crippen LogP contribution < -0.4 is 5.73 Å². The van der Waals surface area contributed by atoms with Crippen LogP contribution in [0.1, 0.15) is 33.1 Å². The summed E-state index contributed by atoms with van der Waals surface area (Å²) < 4.78 is 0. The summed E-state index contributed by atoms with van der Waals surface area (Å²) in [6.45, 7) is 10.4. The molecule has 0 aromatic rings. The van der Waals surface area contributed by atoms with Gasteiger partial charge in [-0.1, -0.05) is 6.92 Å². The Morgan fingerprint density at radius 3 is 2.20 bits per heavy atom. The fraction of sp³-hybridized carbons (Fsp3) is 1.00. The normalized spacial score (nSPS) is 29.0. The Hall–Kier alpha value is -0.120. The van der Waals surface area contributed by atoms with Gasteiger partial charge in [-0.2, -0.15) is 0 Å². The van der Waals surface area contributed by atoms with E-state index in [0.717, 1.165) is 12.6 Å². The molecule has 1 unspecified atom stereocenters. The molecule has 0 aromatic carbocycles. The van der Waals surface area contributed by atoms with Crippen molar-refractivity contribution in [3.63, 3.8) is 0 Å². The lowest BCUT2D eigenvalue weighted by atomic mass is 10.1. The first-order valence-corrected chi connectivity index (χ1v) is 6.41. The Morgan fingerprint density at radius 1 is 1.20 bits per heavy atom. The molecule has 1 heterocycles. The molecule has 2 aliphatic rings. The van der Waals surface area contributed by atoms with E-state index in [1.54, 1.807) is 0 Å². The summed E-state index contributed by atoms with van der Waals surface area (Å²) in [5.41, 5.74) is 6.28. The Bertz CT molecular complexity index is 205. The number of nitrogens with zero attached hydrogens (tertiary/aromatic N) is 2. The zero-order chi connectivity index (χ0) is 10.9. The molecule has 1 saturated heterocycles. The third kappa shape index (κ3) is 2.19. The lowest BCUT2D eigenvalue weighted by Crippen LogP contribution is -2.55. The summed E-state index contributed by atoms with van der Waals surface area (Å²) in [4.78, 5) is 5.25. The molecule has 1 saturated carbocycles. The Morgan fingerprint density at radius 2 is 1.80 bits per heavy atom. The van der Waals surface area contributed by atoms with Crippen LogP contribution in [0.25, 0.3) is 0 Å². The molecular formula is C12H25N3. The average Bonchev–Trinajstić information content (AvgIpc) is 3.09. The Labute approximate surface area is 93.6 Å². The van der Waals surface area contributed by atoms with Crippen LogP contribution in [0.4, 0.5) is 0 Å². The predicted molar refractivity (Wildman–Crippen MR) is 63.9 cm³/mol. The van der Waals surface area contributed by atoms with Crippen LogP contribution in [0.15, 0.2) is 0 Å². The number of piperazine rings is 1. The van der Waals surface area contributed by atoms with Crippen LogP contribution in [0.3, 0.4) is 0 Å². The van der Waals surface area contributed by atoms with Crippen molar-refractivity contribution in [2.24, 2.45) is 5.73 Å². The highest BCUT2D eigenvalue weighted by atomic mass is 15.3. The predicted octanol–water partition coefficient (Wildman–Crippen LogP) is 0.894. The highest BCUT2D eigenvalue weighted by Crippen LogP contribution is 2.41. The van der Waals surface area contributed by atoms with Crippen molar-refractivity contribution < 1.29 is 0 Å². The van der Waals surface area contributed by atoms with E-state index < -0.39 is 0 Å². The lowest BCUT2D eigenvalue weighted by molar-refractivity contribution is 0.0659. The minimum atomic E-state index is 0.418. The van der Waals surface area contributed by atoms with E-state index in [-0.39, 0.29) is 0 Å². The van der Waals surface area contributed by atoms with Gasteiger partial charge < -0.3 is 5.73 Å². The van der Waals surface area contributed by atoms with Crippen molar-refractivity contribution in [2.45, 2.75) is 44.7 Å². The van der Waals surface area contributed by atoms with Crippen LogP contribution in [0.5, 0.6) is 0 Å². The van der Waals surface area contributed by atoms with Crippen molar-refractivity contribution in [1.29, 1.82) is 0 Å². The molecule has 0 amide bonds. The Balaban J connectivity index is 1.82. The van der Waals surface area contributed by atoms with Crippen LogP contribution in [-0.2, 0) is 0 Å². The summed E-state index contributed by atoms with van der Waals surface area (Å²) >= 11 is 0. The van der Waals surface area contributed by atoms with Gasteiger partial charge in [-0.05, 0) is 26.2 Å². The van der Waals surface area contributed by atoms with E-state index >= 15 is 0 Å². The highest BCUT2D eigenvalue weighted by molar-refractivity contribution is 5.05. The zero-order valence-electron chi connectivity index (χ0n) is 10.2. The molecule has 0 spiro atoms. The molecule has 1 aliphatic carbocycles. The molecule has 0 bridgehead atoms. The van der Waals surface area contributed by atoms with Crippen LogP contribution >= 0.6 is 0 Å². The molecule has 2 fully saturated rings. The highest BCUT2D eigenvalue weighted by Gasteiger charge is 2.47. The van der Waals surface area contributed by atoms with E-state index in [1.807, 2.05) is 0 Å². The smallest absolute Gasteiger partial charge is 0.0334 e. The first kappa shape index (κ1) is 11.4. The van der Waals surface area contributed by atoms with Crippen molar-refractivity contribution in [3.05, 3.63) is 0 Å². The molecule has 1 atom stereocenters. The number of nitrogens with two attached hydrogens (primary N) is 1. The molecule has 88 valence electrons. The second kappa shape index (κ2) is 4.40. The van der Waals surface area contributed by atoms with Gasteiger partial charge in [0.25, 0.3) is 0 Å². The number of rotatable bonds is 4. The zero-order valence-corrected chi connectivity index (χ0v) is 10.2. The third-order valence-corrected chi connectivity index (χ3v) is 4.41.